The second kappa shape index (κ2) is 14.7. The lowest BCUT2D eigenvalue weighted by atomic mass is 9.99. The van der Waals surface area contributed by atoms with Crippen LogP contribution in [0.3, 0.4) is 0 Å². The SMILES string of the molecule is CC(C)CC(C(=O)NC(Cc1ccc(OCc2ccccc2)cc1)C(=O)NC(C)(C)C)N(C)Cc1ccccc1. The quantitative estimate of drug-likeness (QED) is 0.288. The average molecular weight is 544 g/mol. The third-order valence-electron chi connectivity index (χ3n) is 6.55. The lowest BCUT2D eigenvalue weighted by molar-refractivity contribution is -0.132. The van der Waals surface area contributed by atoms with Gasteiger partial charge in [0.05, 0.1) is 6.04 Å². The Labute approximate surface area is 240 Å². The molecule has 0 saturated heterocycles. The molecule has 0 bridgehead atoms. The standard InChI is InChI=1S/C34H45N3O3/c1-25(2)21-31(37(6)23-27-13-9-7-10-14-27)33(39)35-30(32(38)36-34(3,4)5)22-26-17-19-29(20-18-26)40-24-28-15-11-8-12-16-28/h7-20,25,30-31H,21-24H2,1-6H3,(H,35,39)(H,36,38). The van der Waals surface area contributed by atoms with Crippen molar-refractivity contribution in [2.24, 2.45) is 5.92 Å². The molecule has 2 unspecified atom stereocenters. The molecule has 0 fully saturated rings. The molecule has 0 aromatic heterocycles. The summed E-state index contributed by atoms with van der Waals surface area (Å²) in [5, 5.41) is 6.15. The maximum Gasteiger partial charge on any atom is 0.243 e. The monoisotopic (exact) mass is 543 g/mol. The van der Waals surface area contributed by atoms with Crippen molar-refractivity contribution in [3.05, 3.63) is 102 Å². The van der Waals surface area contributed by atoms with Gasteiger partial charge in [0, 0.05) is 18.5 Å². The molecule has 2 amide bonds. The highest BCUT2D eigenvalue weighted by Crippen LogP contribution is 2.18. The van der Waals surface area contributed by atoms with Gasteiger partial charge in [0.25, 0.3) is 0 Å². The first-order valence-corrected chi connectivity index (χ1v) is 14.1. The van der Waals surface area contributed by atoms with E-state index in [2.05, 4.69) is 41.5 Å². The molecule has 0 spiro atoms. The Kier molecular flexibility index (Phi) is 11.3. The van der Waals surface area contributed by atoms with Crippen LogP contribution in [0.5, 0.6) is 5.75 Å². The zero-order valence-corrected chi connectivity index (χ0v) is 24.8. The van der Waals surface area contributed by atoms with Gasteiger partial charge in [-0.3, -0.25) is 14.5 Å². The second-order valence-electron chi connectivity index (χ2n) is 12.0. The van der Waals surface area contributed by atoms with Crippen LogP contribution >= 0.6 is 0 Å². The van der Waals surface area contributed by atoms with Gasteiger partial charge >= 0.3 is 0 Å². The molecule has 0 aliphatic rings. The summed E-state index contributed by atoms with van der Waals surface area (Å²) in [5.41, 5.74) is 2.76. The van der Waals surface area contributed by atoms with Crippen molar-refractivity contribution >= 4 is 11.8 Å². The van der Waals surface area contributed by atoms with Crippen LogP contribution in [0.2, 0.25) is 0 Å². The van der Waals surface area contributed by atoms with E-state index in [1.165, 1.54) is 0 Å². The summed E-state index contributed by atoms with van der Waals surface area (Å²) in [6.45, 7) is 11.2. The molecular weight excluding hydrogens is 498 g/mol. The highest BCUT2D eigenvalue weighted by molar-refractivity contribution is 5.90. The van der Waals surface area contributed by atoms with Crippen molar-refractivity contribution in [1.29, 1.82) is 0 Å². The predicted molar refractivity (Wildman–Crippen MR) is 162 cm³/mol. The van der Waals surface area contributed by atoms with Crippen molar-refractivity contribution in [2.45, 2.75) is 78.2 Å². The minimum atomic E-state index is -0.706. The normalized spacial score (nSPS) is 13.1. The van der Waals surface area contributed by atoms with Crippen molar-refractivity contribution in [3.8, 4) is 5.75 Å². The first-order valence-electron chi connectivity index (χ1n) is 14.1. The molecule has 3 aromatic carbocycles. The number of amides is 2. The lowest BCUT2D eigenvalue weighted by Crippen LogP contribution is -2.56. The van der Waals surface area contributed by atoms with E-state index in [0.29, 0.717) is 31.9 Å². The molecule has 0 heterocycles. The minimum Gasteiger partial charge on any atom is -0.489 e. The highest BCUT2D eigenvalue weighted by Gasteiger charge is 2.30. The molecule has 2 N–H and O–H groups in total. The highest BCUT2D eigenvalue weighted by atomic mass is 16.5. The summed E-state index contributed by atoms with van der Waals surface area (Å²) < 4.78 is 5.92. The number of ether oxygens (including phenoxy) is 1. The van der Waals surface area contributed by atoms with E-state index >= 15 is 0 Å². The van der Waals surface area contributed by atoms with Gasteiger partial charge in [-0.15, -0.1) is 0 Å². The summed E-state index contributed by atoms with van der Waals surface area (Å²) in [4.78, 5) is 29.1. The lowest BCUT2D eigenvalue weighted by Gasteiger charge is -2.31. The summed E-state index contributed by atoms with van der Waals surface area (Å²) >= 11 is 0. The maximum absolute atomic E-state index is 13.7. The Hall–Kier alpha value is -3.64. The Morgan fingerprint density at radius 2 is 1.38 bits per heavy atom. The number of likely N-dealkylation sites (N-methyl/N-ethyl adjacent to an activating group) is 1. The Bertz CT molecular complexity index is 1190. The van der Waals surface area contributed by atoms with Crippen LogP contribution in [0, 0.1) is 5.92 Å². The van der Waals surface area contributed by atoms with Crippen molar-refractivity contribution in [2.75, 3.05) is 7.05 Å². The fourth-order valence-electron chi connectivity index (χ4n) is 4.55. The number of benzene rings is 3. The van der Waals surface area contributed by atoms with Gasteiger partial charge in [-0.05, 0) is 69.0 Å². The van der Waals surface area contributed by atoms with Crippen LogP contribution in [-0.2, 0) is 29.2 Å². The van der Waals surface area contributed by atoms with Gasteiger partial charge in [-0.2, -0.15) is 0 Å². The average Bonchev–Trinajstić information content (AvgIpc) is 2.91. The largest absolute Gasteiger partial charge is 0.489 e. The molecule has 40 heavy (non-hydrogen) atoms. The Morgan fingerprint density at radius 3 is 1.93 bits per heavy atom. The number of carbonyl (C=O) groups is 2. The summed E-state index contributed by atoms with van der Waals surface area (Å²) in [6.07, 6.45) is 1.07. The van der Waals surface area contributed by atoms with E-state index in [-0.39, 0.29) is 17.9 Å². The maximum atomic E-state index is 13.7. The first kappa shape index (κ1) is 30.9. The molecule has 0 aliphatic carbocycles. The van der Waals surface area contributed by atoms with Crippen molar-refractivity contribution in [3.63, 3.8) is 0 Å². The zero-order valence-electron chi connectivity index (χ0n) is 24.8. The number of hydrogen-bond donors (Lipinski definition) is 2. The molecule has 0 saturated carbocycles. The van der Waals surface area contributed by atoms with E-state index in [4.69, 9.17) is 4.74 Å². The smallest absolute Gasteiger partial charge is 0.243 e. The number of carbonyl (C=O) groups excluding carboxylic acids is 2. The van der Waals surface area contributed by atoms with E-state index in [9.17, 15) is 9.59 Å². The molecule has 0 aliphatic heterocycles. The van der Waals surface area contributed by atoms with E-state index in [0.717, 1.165) is 22.4 Å². The Balaban J connectivity index is 1.73. The predicted octanol–water partition coefficient (Wildman–Crippen LogP) is 5.75. The van der Waals surface area contributed by atoms with Crippen LogP contribution < -0.4 is 15.4 Å². The Morgan fingerprint density at radius 1 is 0.800 bits per heavy atom. The van der Waals surface area contributed by atoms with Gasteiger partial charge in [0.15, 0.2) is 0 Å². The van der Waals surface area contributed by atoms with Crippen LogP contribution in [0.25, 0.3) is 0 Å². The van der Waals surface area contributed by atoms with E-state index < -0.39 is 11.6 Å². The molecule has 214 valence electrons. The van der Waals surface area contributed by atoms with Gasteiger partial charge in [-0.1, -0.05) is 86.6 Å². The summed E-state index contributed by atoms with van der Waals surface area (Å²) in [6, 6.07) is 26.8. The van der Waals surface area contributed by atoms with Crippen LogP contribution in [0.4, 0.5) is 0 Å². The van der Waals surface area contributed by atoms with Crippen molar-refractivity contribution < 1.29 is 14.3 Å². The second-order valence-corrected chi connectivity index (χ2v) is 12.0. The van der Waals surface area contributed by atoms with Crippen LogP contribution in [0.15, 0.2) is 84.9 Å². The molecule has 6 heteroatoms. The summed E-state index contributed by atoms with van der Waals surface area (Å²) in [5.74, 6) is 0.745. The number of nitrogens with zero attached hydrogens (tertiary/aromatic N) is 1. The molecule has 3 rings (SSSR count). The minimum absolute atomic E-state index is 0.135. The van der Waals surface area contributed by atoms with E-state index in [1.54, 1.807) is 0 Å². The molecule has 2 atom stereocenters. The first-order chi connectivity index (χ1) is 19.0. The van der Waals surface area contributed by atoms with Crippen LogP contribution in [-0.4, -0.2) is 41.4 Å². The molecule has 3 aromatic rings. The third-order valence-corrected chi connectivity index (χ3v) is 6.55. The fourth-order valence-corrected chi connectivity index (χ4v) is 4.55. The van der Waals surface area contributed by atoms with E-state index in [1.807, 2.05) is 101 Å². The topological polar surface area (TPSA) is 70.7 Å². The fraction of sp³-hybridized carbons (Fsp3) is 0.412. The third kappa shape index (κ3) is 10.5. The van der Waals surface area contributed by atoms with Gasteiger partial charge in [0.1, 0.15) is 18.4 Å². The van der Waals surface area contributed by atoms with Crippen LogP contribution in [0.1, 0.15) is 57.7 Å². The zero-order chi connectivity index (χ0) is 29.1. The van der Waals surface area contributed by atoms with Crippen molar-refractivity contribution in [1.82, 2.24) is 15.5 Å². The molecule has 6 nitrogen and oxygen atoms in total. The number of nitrogens with one attached hydrogen (secondary N) is 2. The van der Waals surface area contributed by atoms with Gasteiger partial charge in [-0.25, -0.2) is 0 Å². The molecule has 0 radical (unpaired) electrons. The number of hydrogen-bond acceptors (Lipinski definition) is 4. The molecular formula is C34H45N3O3. The number of rotatable bonds is 13. The van der Waals surface area contributed by atoms with Gasteiger partial charge in [0.2, 0.25) is 11.8 Å². The summed E-state index contributed by atoms with van der Waals surface area (Å²) in [7, 11) is 1.97. The van der Waals surface area contributed by atoms with Gasteiger partial charge < -0.3 is 15.4 Å².